The van der Waals surface area contributed by atoms with E-state index in [1.165, 1.54) is 18.2 Å². The van der Waals surface area contributed by atoms with Gasteiger partial charge in [-0.25, -0.2) is 18.0 Å². The predicted octanol–water partition coefficient (Wildman–Crippen LogP) is 5.20. The van der Waals surface area contributed by atoms with Crippen molar-refractivity contribution in [2.75, 3.05) is 6.54 Å². The number of amides is 1. The SMILES string of the molecule is CC1(c2c[nH]c3cc(F)ccc23)CC(F)(F)CN1C(=O)OCc1ccccc1. The number of fused-ring (bicyclic) bond motifs is 1. The predicted molar refractivity (Wildman–Crippen MR) is 98.5 cm³/mol. The number of likely N-dealkylation sites (tertiary alicyclic amines) is 1. The normalized spacial score (nSPS) is 21.2. The van der Waals surface area contributed by atoms with Gasteiger partial charge in [0.15, 0.2) is 0 Å². The van der Waals surface area contributed by atoms with E-state index < -0.39 is 36.3 Å². The Balaban J connectivity index is 1.65. The standard InChI is InChI=1S/C21H19F3N2O2/c1-20(17-10-25-18-9-15(22)7-8-16(17)18)12-21(23,24)13-26(20)19(27)28-11-14-5-3-2-4-6-14/h2-10,25H,11-13H2,1H3. The zero-order valence-electron chi connectivity index (χ0n) is 15.2. The van der Waals surface area contributed by atoms with E-state index in [-0.39, 0.29) is 6.61 Å². The van der Waals surface area contributed by atoms with E-state index in [1.54, 1.807) is 25.3 Å². The van der Waals surface area contributed by atoms with Crippen LogP contribution < -0.4 is 0 Å². The van der Waals surface area contributed by atoms with Gasteiger partial charge in [-0.3, -0.25) is 4.90 Å². The highest BCUT2D eigenvalue weighted by molar-refractivity contribution is 5.85. The summed E-state index contributed by atoms with van der Waals surface area (Å²) >= 11 is 0. The van der Waals surface area contributed by atoms with Crippen LogP contribution in [-0.2, 0) is 16.9 Å². The second kappa shape index (κ2) is 6.58. The number of nitrogens with one attached hydrogen (secondary N) is 1. The van der Waals surface area contributed by atoms with Gasteiger partial charge in [0.25, 0.3) is 5.92 Å². The van der Waals surface area contributed by atoms with Gasteiger partial charge in [0.05, 0.1) is 12.1 Å². The van der Waals surface area contributed by atoms with Crippen molar-refractivity contribution in [3.05, 3.63) is 71.7 Å². The van der Waals surface area contributed by atoms with Gasteiger partial charge in [-0.15, -0.1) is 0 Å². The summed E-state index contributed by atoms with van der Waals surface area (Å²) in [4.78, 5) is 16.7. The number of aromatic amines is 1. The summed E-state index contributed by atoms with van der Waals surface area (Å²) in [5.41, 5.74) is 0.485. The number of carbonyl (C=O) groups is 1. The number of H-pyrrole nitrogens is 1. The molecule has 146 valence electrons. The molecule has 4 nitrogen and oxygen atoms in total. The van der Waals surface area contributed by atoms with Crippen LogP contribution in [-0.4, -0.2) is 28.4 Å². The van der Waals surface area contributed by atoms with E-state index in [0.717, 1.165) is 10.5 Å². The topological polar surface area (TPSA) is 45.3 Å². The molecule has 0 bridgehead atoms. The van der Waals surface area contributed by atoms with Gasteiger partial charge in [0.2, 0.25) is 0 Å². The second-order valence-corrected chi connectivity index (χ2v) is 7.33. The summed E-state index contributed by atoms with van der Waals surface area (Å²) in [7, 11) is 0. The molecule has 2 aromatic carbocycles. The minimum atomic E-state index is -3.05. The van der Waals surface area contributed by atoms with Crippen molar-refractivity contribution in [3.8, 4) is 0 Å². The highest BCUT2D eigenvalue weighted by Gasteiger charge is 2.56. The summed E-state index contributed by atoms with van der Waals surface area (Å²) in [6.07, 6.45) is 0.216. The van der Waals surface area contributed by atoms with E-state index in [4.69, 9.17) is 4.74 Å². The Hall–Kier alpha value is -2.96. The van der Waals surface area contributed by atoms with Crippen molar-refractivity contribution in [2.45, 2.75) is 31.4 Å². The molecule has 28 heavy (non-hydrogen) atoms. The quantitative estimate of drug-likeness (QED) is 0.670. The molecule has 0 aliphatic carbocycles. The van der Waals surface area contributed by atoms with Crippen molar-refractivity contribution < 1.29 is 22.7 Å². The molecule has 1 N–H and O–H groups in total. The molecule has 4 rings (SSSR count). The first kappa shape index (κ1) is 18.4. The fourth-order valence-electron chi connectivity index (χ4n) is 3.91. The Kier molecular flexibility index (Phi) is 4.33. The number of halogens is 3. The fraction of sp³-hybridized carbons (Fsp3) is 0.286. The molecule has 0 saturated carbocycles. The number of carbonyl (C=O) groups excluding carboxylic acids is 1. The zero-order chi connectivity index (χ0) is 19.9. The zero-order valence-corrected chi connectivity index (χ0v) is 15.2. The average Bonchev–Trinajstić information content (AvgIpc) is 3.18. The summed E-state index contributed by atoms with van der Waals surface area (Å²) < 4.78 is 47.5. The lowest BCUT2D eigenvalue weighted by molar-refractivity contribution is 0.00988. The molecule has 1 atom stereocenters. The van der Waals surface area contributed by atoms with Crippen LogP contribution in [0.25, 0.3) is 10.9 Å². The number of benzene rings is 2. The molecule has 2 heterocycles. The minimum absolute atomic E-state index is 0.00305. The van der Waals surface area contributed by atoms with Gasteiger partial charge >= 0.3 is 6.09 Å². The first-order valence-electron chi connectivity index (χ1n) is 8.92. The van der Waals surface area contributed by atoms with Gasteiger partial charge in [-0.1, -0.05) is 30.3 Å². The summed E-state index contributed by atoms with van der Waals surface area (Å²) in [6.45, 7) is 0.853. The van der Waals surface area contributed by atoms with Crippen LogP contribution in [0.5, 0.6) is 0 Å². The van der Waals surface area contributed by atoms with Crippen LogP contribution in [0.2, 0.25) is 0 Å². The third-order valence-electron chi connectivity index (χ3n) is 5.24. The highest BCUT2D eigenvalue weighted by atomic mass is 19.3. The molecule has 1 aromatic heterocycles. The van der Waals surface area contributed by atoms with Crippen LogP contribution in [0.15, 0.2) is 54.7 Å². The first-order chi connectivity index (χ1) is 13.3. The Morgan fingerprint density at radius 2 is 1.96 bits per heavy atom. The number of aromatic nitrogens is 1. The van der Waals surface area contributed by atoms with E-state index in [1.807, 2.05) is 18.2 Å². The van der Waals surface area contributed by atoms with Crippen LogP contribution in [0, 0.1) is 5.82 Å². The van der Waals surface area contributed by atoms with Crippen molar-refractivity contribution in [1.29, 1.82) is 0 Å². The second-order valence-electron chi connectivity index (χ2n) is 7.33. The van der Waals surface area contributed by atoms with Crippen molar-refractivity contribution in [1.82, 2.24) is 9.88 Å². The number of nitrogens with zero attached hydrogens (tertiary/aromatic N) is 1. The molecule has 1 aliphatic rings. The van der Waals surface area contributed by atoms with Crippen LogP contribution in [0.4, 0.5) is 18.0 Å². The summed E-state index contributed by atoms with van der Waals surface area (Å²) in [5, 5.41) is 0.599. The Morgan fingerprint density at radius 3 is 2.71 bits per heavy atom. The van der Waals surface area contributed by atoms with E-state index in [2.05, 4.69) is 4.98 Å². The molecule has 1 aliphatic heterocycles. The molecule has 1 amide bonds. The van der Waals surface area contributed by atoms with Gasteiger partial charge in [-0.05, 0) is 30.7 Å². The maximum Gasteiger partial charge on any atom is 0.411 e. The average molecular weight is 388 g/mol. The van der Waals surface area contributed by atoms with Crippen molar-refractivity contribution in [3.63, 3.8) is 0 Å². The molecule has 1 saturated heterocycles. The molecule has 0 radical (unpaired) electrons. The lowest BCUT2D eigenvalue weighted by Gasteiger charge is -2.33. The number of ether oxygens (including phenoxy) is 1. The number of alkyl halides is 2. The molecule has 7 heteroatoms. The largest absolute Gasteiger partial charge is 0.445 e. The maximum atomic E-state index is 14.3. The fourth-order valence-corrected chi connectivity index (χ4v) is 3.91. The molecule has 0 spiro atoms. The van der Waals surface area contributed by atoms with E-state index in [9.17, 15) is 18.0 Å². The lowest BCUT2D eigenvalue weighted by atomic mass is 9.88. The third kappa shape index (κ3) is 3.21. The van der Waals surface area contributed by atoms with Crippen LogP contribution in [0.1, 0.15) is 24.5 Å². The molecular formula is C21H19F3N2O2. The molecule has 1 unspecified atom stereocenters. The highest BCUT2D eigenvalue weighted by Crippen LogP contribution is 2.48. The van der Waals surface area contributed by atoms with E-state index >= 15 is 0 Å². The van der Waals surface area contributed by atoms with Gasteiger partial charge in [0.1, 0.15) is 12.4 Å². The molecule has 3 aromatic rings. The lowest BCUT2D eigenvalue weighted by Crippen LogP contribution is -2.43. The number of hydrogen-bond donors (Lipinski definition) is 1. The number of hydrogen-bond acceptors (Lipinski definition) is 2. The summed E-state index contributed by atoms with van der Waals surface area (Å²) in [6, 6.07) is 13.1. The monoisotopic (exact) mass is 388 g/mol. The summed E-state index contributed by atoms with van der Waals surface area (Å²) in [5.74, 6) is -3.48. The van der Waals surface area contributed by atoms with Crippen LogP contribution in [0.3, 0.4) is 0 Å². The molecular weight excluding hydrogens is 369 g/mol. The Bertz CT molecular complexity index is 1020. The Morgan fingerprint density at radius 1 is 1.21 bits per heavy atom. The van der Waals surface area contributed by atoms with Gasteiger partial charge in [-0.2, -0.15) is 0 Å². The van der Waals surface area contributed by atoms with Crippen LogP contribution >= 0.6 is 0 Å². The first-order valence-corrected chi connectivity index (χ1v) is 8.92. The molecule has 1 fully saturated rings. The third-order valence-corrected chi connectivity index (χ3v) is 5.24. The number of rotatable bonds is 3. The van der Waals surface area contributed by atoms with E-state index in [0.29, 0.717) is 16.5 Å². The minimum Gasteiger partial charge on any atom is -0.445 e. The smallest absolute Gasteiger partial charge is 0.411 e. The van der Waals surface area contributed by atoms with Gasteiger partial charge < -0.3 is 9.72 Å². The Labute approximate surface area is 159 Å². The van der Waals surface area contributed by atoms with Crippen molar-refractivity contribution >= 4 is 17.0 Å². The van der Waals surface area contributed by atoms with Gasteiger partial charge in [0, 0.05) is 29.1 Å². The maximum absolute atomic E-state index is 14.3. The van der Waals surface area contributed by atoms with Crippen molar-refractivity contribution in [2.24, 2.45) is 0 Å².